The van der Waals surface area contributed by atoms with Gasteiger partial charge in [0.2, 0.25) is 0 Å². The summed E-state index contributed by atoms with van der Waals surface area (Å²) in [4.78, 5) is 12.1. The molecule has 0 fully saturated rings. The van der Waals surface area contributed by atoms with Gasteiger partial charge in [0, 0.05) is 11.4 Å². The zero-order valence-corrected chi connectivity index (χ0v) is 10.6. The van der Waals surface area contributed by atoms with Crippen LogP contribution in [0.1, 0.15) is 17.2 Å². The molecular formula is C15H14ClNO. The smallest absolute Gasteiger partial charge is 0.158 e. The molecule has 0 amide bonds. The summed E-state index contributed by atoms with van der Waals surface area (Å²) in [6.45, 7) is 0. The number of carbonyl (C=O) groups is 1. The van der Waals surface area contributed by atoms with Gasteiger partial charge in [0.25, 0.3) is 0 Å². The second-order valence-electron chi connectivity index (χ2n) is 4.16. The zero-order chi connectivity index (χ0) is 13.0. The Kier molecular flexibility index (Phi) is 4.13. The Balaban J connectivity index is 2.09. The molecule has 0 saturated heterocycles. The highest BCUT2D eigenvalue weighted by Gasteiger charge is 2.15. The summed E-state index contributed by atoms with van der Waals surface area (Å²) in [6, 6.07) is 16.1. The zero-order valence-electron chi connectivity index (χ0n) is 9.84. The van der Waals surface area contributed by atoms with Crippen molar-refractivity contribution in [2.75, 3.05) is 0 Å². The average Bonchev–Trinajstić information content (AvgIpc) is 2.39. The summed E-state index contributed by atoms with van der Waals surface area (Å²) in [5.41, 5.74) is 7.67. The number of nitrogens with two attached hydrogens (primary N) is 1. The SMILES string of the molecule is N[C@@H](C(=O)Cc1cccc(Cl)c1)c1ccccc1. The first-order valence-electron chi connectivity index (χ1n) is 5.74. The molecule has 0 radical (unpaired) electrons. The van der Waals surface area contributed by atoms with Gasteiger partial charge in [-0.05, 0) is 23.3 Å². The van der Waals surface area contributed by atoms with Gasteiger partial charge in [0.05, 0.1) is 6.04 Å². The molecule has 2 rings (SSSR count). The lowest BCUT2D eigenvalue weighted by Gasteiger charge is -2.10. The number of Topliss-reactive ketones (excluding diaryl/α,β-unsaturated/α-hetero) is 1. The quantitative estimate of drug-likeness (QED) is 0.917. The van der Waals surface area contributed by atoms with Crippen molar-refractivity contribution < 1.29 is 4.79 Å². The third-order valence-corrected chi connectivity index (χ3v) is 3.01. The molecule has 0 bridgehead atoms. The van der Waals surface area contributed by atoms with Gasteiger partial charge in [0.15, 0.2) is 5.78 Å². The summed E-state index contributed by atoms with van der Waals surface area (Å²) in [6.07, 6.45) is 0.302. The van der Waals surface area contributed by atoms with Gasteiger partial charge in [-0.1, -0.05) is 54.1 Å². The number of rotatable bonds is 4. The van der Waals surface area contributed by atoms with Crippen molar-refractivity contribution in [3.05, 3.63) is 70.7 Å². The Bertz CT molecular complexity index is 539. The van der Waals surface area contributed by atoms with Crippen LogP contribution >= 0.6 is 11.6 Å². The minimum absolute atomic E-state index is 0.0107. The molecule has 2 nitrogen and oxygen atoms in total. The van der Waals surface area contributed by atoms with Crippen LogP contribution in [0.3, 0.4) is 0 Å². The van der Waals surface area contributed by atoms with Crippen LogP contribution in [-0.4, -0.2) is 5.78 Å². The lowest BCUT2D eigenvalue weighted by molar-refractivity contribution is -0.119. The molecular weight excluding hydrogens is 246 g/mol. The van der Waals surface area contributed by atoms with E-state index < -0.39 is 6.04 Å². The van der Waals surface area contributed by atoms with Crippen LogP contribution in [0.15, 0.2) is 54.6 Å². The molecule has 18 heavy (non-hydrogen) atoms. The van der Waals surface area contributed by atoms with E-state index >= 15 is 0 Å². The molecule has 0 aliphatic heterocycles. The van der Waals surface area contributed by atoms with Crippen molar-refractivity contribution in [1.29, 1.82) is 0 Å². The lowest BCUT2D eigenvalue weighted by atomic mass is 9.98. The Labute approximate surface area is 111 Å². The first kappa shape index (κ1) is 12.8. The van der Waals surface area contributed by atoms with Crippen LogP contribution in [0.2, 0.25) is 5.02 Å². The van der Waals surface area contributed by atoms with Crippen molar-refractivity contribution in [3.63, 3.8) is 0 Å². The summed E-state index contributed by atoms with van der Waals surface area (Å²) < 4.78 is 0. The van der Waals surface area contributed by atoms with Gasteiger partial charge < -0.3 is 5.73 Å². The van der Waals surface area contributed by atoms with E-state index in [-0.39, 0.29) is 5.78 Å². The Hall–Kier alpha value is -1.64. The molecule has 92 valence electrons. The van der Waals surface area contributed by atoms with E-state index in [4.69, 9.17) is 17.3 Å². The normalized spacial score (nSPS) is 12.1. The maximum absolute atomic E-state index is 12.1. The highest BCUT2D eigenvalue weighted by atomic mass is 35.5. The van der Waals surface area contributed by atoms with Gasteiger partial charge in [-0.2, -0.15) is 0 Å². The van der Waals surface area contributed by atoms with Gasteiger partial charge >= 0.3 is 0 Å². The molecule has 0 heterocycles. The highest BCUT2D eigenvalue weighted by Crippen LogP contribution is 2.16. The van der Waals surface area contributed by atoms with Crippen molar-refractivity contribution >= 4 is 17.4 Å². The molecule has 0 unspecified atom stereocenters. The first-order valence-corrected chi connectivity index (χ1v) is 6.12. The number of halogens is 1. The van der Waals surface area contributed by atoms with Crippen LogP contribution < -0.4 is 5.73 Å². The average molecular weight is 260 g/mol. The third kappa shape index (κ3) is 3.19. The molecule has 2 aromatic carbocycles. The van der Waals surface area contributed by atoms with Crippen molar-refractivity contribution in [2.24, 2.45) is 5.73 Å². The molecule has 1 atom stereocenters. The van der Waals surface area contributed by atoms with Gasteiger partial charge in [-0.25, -0.2) is 0 Å². The topological polar surface area (TPSA) is 43.1 Å². The van der Waals surface area contributed by atoms with Crippen molar-refractivity contribution in [3.8, 4) is 0 Å². The van der Waals surface area contributed by atoms with E-state index in [1.165, 1.54) is 0 Å². The summed E-state index contributed by atoms with van der Waals surface area (Å²) in [5.74, 6) is -0.0107. The monoisotopic (exact) mass is 259 g/mol. The molecule has 2 N–H and O–H groups in total. The third-order valence-electron chi connectivity index (χ3n) is 2.77. The number of hydrogen-bond acceptors (Lipinski definition) is 2. The molecule has 0 saturated carbocycles. The van der Waals surface area contributed by atoms with E-state index in [1.54, 1.807) is 12.1 Å². The largest absolute Gasteiger partial charge is 0.318 e. The number of benzene rings is 2. The number of carbonyl (C=O) groups excluding carboxylic acids is 1. The fourth-order valence-corrected chi connectivity index (χ4v) is 2.02. The van der Waals surface area contributed by atoms with Crippen molar-refractivity contribution in [2.45, 2.75) is 12.5 Å². The maximum atomic E-state index is 12.1. The van der Waals surface area contributed by atoms with E-state index in [2.05, 4.69) is 0 Å². The Morgan fingerprint density at radius 2 is 1.83 bits per heavy atom. The number of hydrogen-bond donors (Lipinski definition) is 1. The van der Waals surface area contributed by atoms with Crippen LogP contribution in [-0.2, 0) is 11.2 Å². The minimum atomic E-state index is -0.579. The highest BCUT2D eigenvalue weighted by molar-refractivity contribution is 6.30. The fourth-order valence-electron chi connectivity index (χ4n) is 1.80. The second kappa shape index (κ2) is 5.80. The standard InChI is InChI=1S/C15H14ClNO/c16-13-8-4-5-11(9-13)10-14(18)15(17)12-6-2-1-3-7-12/h1-9,15H,10,17H2/t15-/m1/s1. The predicted molar refractivity (Wildman–Crippen MR) is 73.5 cm³/mol. The summed E-state index contributed by atoms with van der Waals surface area (Å²) >= 11 is 5.88. The van der Waals surface area contributed by atoms with E-state index in [1.807, 2.05) is 42.5 Å². The van der Waals surface area contributed by atoms with Crippen LogP contribution in [0.4, 0.5) is 0 Å². The van der Waals surface area contributed by atoms with Crippen LogP contribution in [0.5, 0.6) is 0 Å². The molecule has 0 spiro atoms. The molecule has 0 aromatic heterocycles. The lowest BCUT2D eigenvalue weighted by Crippen LogP contribution is -2.23. The maximum Gasteiger partial charge on any atom is 0.158 e. The molecule has 2 aromatic rings. The van der Waals surface area contributed by atoms with Crippen LogP contribution in [0, 0.1) is 0 Å². The van der Waals surface area contributed by atoms with E-state index in [0.29, 0.717) is 11.4 Å². The Morgan fingerprint density at radius 3 is 2.50 bits per heavy atom. The molecule has 0 aliphatic rings. The van der Waals surface area contributed by atoms with E-state index in [9.17, 15) is 4.79 Å². The predicted octanol–water partition coefficient (Wildman–Crippen LogP) is 3.15. The van der Waals surface area contributed by atoms with Crippen molar-refractivity contribution in [1.82, 2.24) is 0 Å². The first-order chi connectivity index (χ1) is 8.66. The van der Waals surface area contributed by atoms with E-state index in [0.717, 1.165) is 11.1 Å². The minimum Gasteiger partial charge on any atom is -0.318 e. The van der Waals surface area contributed by atoms with Gasteiger partial charge in [-0.3, -0.25) is 4.79 Å². The summed E-state index contributed by atoms with van der Waals surface area (Å²) in [7, 11) is 0. The molecule has 0 aliphatic carbocycles. The Morgan fingerprint density at radius 1 is 1.11 bits per heavy atom. The number of ketones is 1. The van der Waals surface area contributed by atoms with Crippen LogP contribution in [0.25, 0.3) is 0 Å². The fraction of sp³-hybridized carbons (Fsp3) is 0.133. The molecule has 3 heteroatoms. The summed E-state index contributed by atoms with van der Waals surface area (Å²) in [5, 5.41) is 0.633. The van der Waals surface area contributed by atoms with Gasteiger partial charge in [0.1, 0.15) is 0 Å². The second-order valence-corrected chi connectivity index (χ2v) is 4.60. The van der Waals surface area contributed by atoms with Gasteiger partial charge in [-0.15, -0.1) is 0 Å².